The second kappa shape index (κ2) is 6.93. The molecule has 6 nitrogen and oxygen atoms in total. The third-order valence-corrected chi connectivity index (χ3v) is 7.64. The molecule has 1 saturated heterocycles. The maximum atomic E-state index is 13.0. The van der Waals surface area contributed by atoms with Crippen LogP contribution in [0.15, 0.2) is 10.3 Å². The summed E-state index contributed by atoms with van der Waals surface area (Å²) in [6.45, 7) is 7.42. The van der Waals surface area contributed by atoms with Crippen LogP contribution in [-0.4, -0.2) is 40.6 Å². The van der Waals surface area contributed by atoms with Crippen molar-refractivity contribution in [1.82, 2.24) is 19.1 Å². The van der Waals surface area contributed by atoms with Gasteiger partial charge in [0.25, 0.3) is 0 Å². The van der Waals surface area contributed by atoms with Gasteiger partial charge < -0.3 is 0 Å². The molecule has 0 amide bonds. The number of piperidine rings is 1. The summed E-state index contributed by atoms with van der Waals surface area (Å²) in [5, 5.41) is 7.59. The van der Waals surface area contributed by atoms with Crippen molar-refractivity contribution in [3.8, 4) is 0 Å². The lowest BCUT2D eigenvalue weighted by Gasteiger charge is -2.25. The molecule has 2 aromatic rings. The predicted octanol–water partition coefficient (Wildman–Crippen LogP) is 2.74. The number of aryl methyl sites for hydroxylation is 2. The maximum absolute atomic E-state index is 13.0. The first kappa shape index (κ1) is 17.6. The molecule has 8 heteroatoms. The van der Waals surface area contributed by atoms with E-state index in [-0.39, 0.29) is 0 Å². The van der Waals surface area contributed by atoms with Crippen molar-refractivity contribution < 1.29 is 8.42 Å². The third kappa shape index (κ3) is 3.27. The highest BCUT2D eigenvalue weighted by molar-refractivity contribution is 7.89. The van der Waals surface area contributed by atoms with Crippen molar-refractivity contribution in [2.45, 2.75) is 57.9 Å². The van der Waals surface area contributed by atoms with E-state index in [1.165, 1.54) is 0 Å². The zero-order valence-electron chi connectivity index (χ0n) is 14.4. The topological polar surface area (TPSA) is 68.1 Å². The Labute approximate surface area is 147 Å². The van der Waals surface area contributed by atoms with E-state index in [1.54, 1.807) is 27.2 Å². The molecule has 0 bridgehead atoms. The lowest BCUT2D eigenvalue weighted by molar-refractivity contribution is 0.346. The van der Waals surface area contributed by atoms with Crippen LogP contribution in [0.25, 0.3) is 0 Å². The minimum absolute atomic E-state index is 0.371. The first-order valence-corrected chi connectivity index (χ1v) is 10.7. The van der Waals surface area contributed by atoms with E-state index in [9.17, 15) is 8.42 Å². The Morgan fingerprint density at radius 1 is 1.21 bits per heavy atom. The molecule has 0 unspecified atom stereocenters. The summed E-state index contributed by atoms with van der Waals surface area (Å²) in [6.07, 6.45) is 3.89. The summed E-state index contributed by atoms with van der Waals surface area (Å²) in [4.78, 5) is 4.92. The number of aromatic nitrogens is 3. The van der Waals surface area contributed by atoms with Gasteiger partial charge in [0, 0.05) is 18.5 Å². The Balaban J connectivity index is 1.91. The Hall–Kier alpha value is -1.25. The van der Waals surface area contributed by atoms with Crippen molar-refractivity contribution in [3.05, 3.63) is 27.5 Å². The van der Waals surface area contributed by atoms with E-state index in [1.807, 2.05) is 12.3 Å². The molecule has 0 spiro atoms. The molecule has 0 aliphatic carbocycles. The van der Waals surface area contributed by atoms with Crippen LogP contribution in [0.1, 0.15) is 48.3 Å². The van der Waals surface area contributed by atoms with E-state index in [4.69, 9.17) is 0 Å². The number of hydrogen-bond donors (Lipinski definition) is 0. The highest BCUT2D eigenvalue weighted by Crippen LogP contribution is 2.26. The number of sulfonamides is 1. The molecule has 1 fully saturated rings. The fourth-order valence-corrected chi connectivity index (χ4v) is 5.81. The second-order valence-corrected chi connectivity index (χ2v) is 9.03. The Bertz CT molecular complexity index is 817. The van der Waals surface area contributed by atoms with Crippen LogP contribution in [-0.2, 0) is 23.0 Å². The number of hydrogen-bond acceptors (Lipinski definition) is 5. The van der Waals surface area contributed by atoms with E-state index >= 15 is 0 Å². The average Bonchev–Trinajstić information content (AvgIpc) is 3.13. The van der Waals surface area contributed by atoms with Crippen LogP contribution in [0, 0.1) is 13.8 Å². The molecule has 0 saturated carbocycles. The Kier molecular flexibility index (Phi) is 5.08. The van der Waals surface area contributed by atoms with Crippen molar-refractivity contribution >= 4 is 21.4 Å². The predicted molar refractivity (Wildman–Crippen MR) is 94.9 cm³/mol. The minimum atomic E-state index is -3.46. The van der Waals surface area contributed by atoms with Gasteiger partial charge in [-0.05, 0) is 33.1 Å². The molecule has 132 valence electrons. The fourth-order valence-electron chi connectivity index (χ4n) is 3.18. The van der Waals surface area contributed by atoms with Gasteiger partial charge in [-0.2, -0.15) is 9.40 Å². The van der Waals surface area contributed by atoms with Gasteiger partial charge in [0.05, 0.1) is 28.6 Å². The monoisotopic (exact) mass is 368 g/mol. The zero-order chi connectivity index (χ0) is 17.3. The largest absolute Gasteiger partial charge is 0.262 e. The molecule has 0 aromatic carbocycles. The number of thiazole rings is 1. The van der Waals surface area contributed by atoms with Crippen LogP contribution >= 0.6 is 11.3 Å². The summed E-state index contributed by atoms with van der Waals surface area (Å²) in [5.41, 5.74) is 2.21. The quantitative estimate of drug-likeness (QED) is 0.814. The Morgan fingerprint density at radius 3 is 2.54 bits per heavy atom. The van der Waals surface area contributed by atoms with Gasteiger partial charge in [-0.3, -0.25) is 4.68 Å². The molecule has 1 aliphatic heterocycles. The van der Waals surface area contributed by atoms with Gasteiger partial charge in [0.2, 0.25) is 10.0 Å². The molecule has 3 heterocycles. The maximum Gasteiger partial charge on any atom is 0.246 e. The van der Waals surface area contributed by atoms with Gasteiger partial charge in [0.15, 0.2) is 0 Å². The van der Waals surface area contributed by atoms with Crippen LogP contribution in [0.4, 0.5) is 0 Å². The molecule has 2 aromatic heterocycles. The zero-order valence-corrected chi connectivity index (χ0v) is 16.1. The van der Waals surface area contributed by atoms with Crippen LogP contribution in [0.3, 0.4) is 0 Å². The van der Waals surface area contributed by atoms with E-state index in [0.717, 1.165) is 36.4 Å². The van der Waals surface area contributed by atoms with E-state index < -0.39 is 10.0 Å². The molecule has 0 radical (unpaired) electrons. The minimum Gasteiger partial charge on any atom is -0.262 e. The van der Waals surface area contributed by atoms with Crippen molar-refractivity contribution in [3.63, 3.8) is 0 Å². The SMILES string of the molecule is CCc1nc(Cn2nc(C)c(S(=O)(=O)N3CCCCC3)c2C)cs1. The summed E-state index contributed by atoms with van der Waals surface area (Å²) in [7, 11) is -3.46. The average molecular weight is 369 g/mol. The van der Waals surface area contributed by atoms with Gasteiger partial charge in [-0.25, -0.2) is 13.4 Å². The smallest absolute Gasteiger partial charge is 0.246 e. The first-order chi connectivity index (χ1) is 11.4. The normalized spacial score (nSPS) is 16.6. The molecular weight excluding hydrogens is 344 g/mol. The number of nitrogens with zero attached hydrogens (tertiary/aromatic N) is 4. The second-order valence-electron chi connectivity index (χ2n) is 6.21. The van der Waals surface area contributed by atoms with E-state index in [0.29, 0.717) is 35.9 Å². The van der Waals surface area contributed by atoms with Crippen LogP contribution in [0.5, 0.6) is 0 Å². The van der Waals surface area contributed by atoms with Crippen LogP contribution in [0.2, 0.25) is 0 Å². The molecule has 1 aliphatic rings. The van der Waals surface area contributed by atoms with Crippen LogP contribution < -0.4 is 0 Å². The standard InChI is InChI=1S/C16H24N4O2S2/c1-4-15-17-14(11-23-15)10-20-13(3)16(12(2)18-20)24(21,22)19-8-6-5-7-9-19/h11H,4-10H2,1-3H3. The van der Waals surface area contributed by atoms with Gasteiger partial charge in [0.1, 0.15) is 4.90 Å². The lowest BCUT2D eigenvalue weighted by atomic mass is 10.2. The molecule has 0 atom stereocenters. The summed E-state index contributed by atoms with van der Waals surface area (Å²) in [5.74, 6) is 0. The molecule has 3 rings (SSSR count). The van der Waals surface area contributed by atoms with Gasteiger partial charge in [-0.15, -0.1) is 11.3 Å². The summed E-state index contributed by atoms with van der Waals surface area (Å²) >= 11 is 1.64. The Morgan fingerprint density at radius 2 is 1.92 bits per heavy atom. The fraction of sp³-hybridized carbons (Fsp3) is 0.625. The van der Waals surface area contributed by atoms with E-state index in [2.05, 4.69) is 17.0 Å². The molecule has 24 heavy (non-hydrogen) atoms. The summed E-state index contributed by atoms with van der Waals surface area (Å²) < 4.78 is 29.4. The van der Waals surface area contributed by atoms with Crippen molar-refractivity contribution in [2.24, 2.45) is 0 Å². The van der Waals surface area contributed by atoms with Crippen molar-refractivity contribution in [2.75, 3.05) is 13.1 Å². The van der Waals surface area contributed by atoms with Crippen molar-refractivity contribution in [1.29, 1.82) is 0 Å². The number of rotatable bonds is 5. The molecule has 0 N–H and O–H groups in total. The first-order valence-electron chi connectivity index (χ1n) is 8.41. The third-order valence-electron chi connectivity index (χ3n) is 4.44. The lowest BCUT2D eigenvalue weighted by Crippen LogP contribution is -2.36. The van der Waals surface area contributed by atoms with Gasteiger partial charge >= 0.3 is 0 Å². The van der Waals surface area contributed by atoms with Gasteiger partial charge in [-0.1, -0.05) is 13.3 Å². The highest BCUT2D eigenvalue weighted by atomic mass is 32.2. The highest BCUT2D eigenvalue weighted by Gasteiger charge is 2.31. The molecular formula is C16H24N4O2S2. The summed E-state index contributed by atoms with van der Waals surface area (Å²) in [6, 6.07) is 0.